The number of rotatable bonds is 5. The summed E-state index contributed by atoms with van der Waals surface area (Å²) in [6.45, 7) is 4.86. The first kappa shape index (κ1) is 11.2. The molecule has 0 aliphatic heterocycles. The van der Waals surface area contributed by atoms with Crippen LogP contribution in [0.5, 0.6) is 0 Å². The van der Waals surface area contributed by atoms with Crippen molar-refractivity contribution >= 4 is 0 Å². The Morgan fingerprint density at radius 2 is 2.20 bits per heavy atom. The van der Waals surface area contributed by atoms with Gasteiger partial charge in [0, 0.05) is 6.54 Å². The van der Waals surface area contributed by atoms with Crippen LogP contribution in [-0.4, -0.2) is 13.1 Å². The Kier molecular flexibility index (Phi) is 3.85. The van der Waals surface area contributed by atoms with Gasteiger partial charge in [-0.15, -0.1) is 0 Å². The highest BCUT2D eigenvalue weighted by Crippen LogP contribution is 2.43. The highest BCUT2D eigenvalue weighted by atomic mass is 14.9. The lowest BCUT2D eigenvalue weighted by Gasteiger charge is -2.42. The molecule has 1 fully saturated rings. The summed E-state index contributed by atoms with van der Waals surface area (Å²) in [6.07, 6.45) is 14.4. The van der Waals surface area contributed by atoms with E-state index in [0.29, 0.717) is 5.41 Å². The lowest BCUT2D eigenvalue weighted by atomic mass is 9.67. The van der Waals surface area contributed by atoms with Crippen LogP contribution in [0.15, 0.2) is 12.2 Å². The second-order valence-electron chi connectivity index (χ2n) is 5.49. The Hall–Kier alpha value is -0.300. The van der Waals surface area contributed by atoms with E-state index >= 15 is 0 Å². The largest absolute Gasteiger partial charge is 0.316 e. The maximum Gasteiger partial charge on any atom is 0.000782 e. The Morgan fingerprint density at radius 3 is 2.73 bits per heavy atom. The van der Waals surface area contributed by atoms with E-state index < -0.39 is 0 Å². The SMILES string of the molecule is CCC1(CNCC2CC=CCC2)CCC1. The van der Waals surface area contributed by atoms with Gasteiger partial charge in [0.05, 0.1) is 0 Å². The van der Waals surface area contributed by atoms with Gasteiger partial charge in [0.15, 0.2) is 0 Å². The molecule has 2 aliphatic carbocycles. The van der Waals surface area contributed by atoms with Gasteiger partial charge in [-0.25, -0.2) is 0 Å². The molecule has 0 saturated heterocycles. The van der Waals surface area contributed by atoms with Crippen LogP contribution in [0.3, 0.4) is 0 Å². The first-order chi connectivity index (χ1) is 7.35. The van der Waals surface area contributed by atoms with Gasteiger partial charge in [0.2, 0.25) is 0 Å². The molecule has 1 nitrogen and oxygen atoms in total. The molecule has 0 heterocycles. The minimum absolute atomic E-state index is 0.685. The van der Waals surface area contributed by atoms with E-state index in [1.807, 2.05) is 0 Å². The Bertz CT molecular complexity index is 210. The number of hydrogen-bond acceptors (Lipinski definition) is 1. The molecule has 86 valence electrons. The topological polar surface area (TPSA) is 12.0 Å². The van der Waals surface area contributed by atoms with Crippen molar-refractivity contribution in [1.82, 2.24) is 5.32 Å². The molecular weight excluding hydrogens is 182 g/mol. The van der Waals surface area contributed by atoms with Crippen molar-refractivity contribution in [3.63, 3.8) is 0 Å². The van der Waals surface area contributed by atoms with Crippen LogP contribution in [0, 0.1) is 11.3 Å². The smallest absolute Gasteiger partial charge is 0.000782 e. The van der Waals surface area contributed by atoms with Crippen LogP contribution < -0.4 is 5.32 Å². The zero-order valence-corrected chi connectivity index (χ0v) is 10.1. The first-order valence-electron chi connectivity index (χ1n) is 6.70. The number of hydrogen-bond donors (Lipinski definition) is 1. The zero-order chi connectivity index (χ0) is 10.6. The third-order valence-electron chi connectivity index (χ3n) is 4.47. The number of nitrogens with one attached hydrogen (secondary N) is 1. The van der Waals surface area contributed by atoms with E-state index in [9.17, 15) is 0 Å². The summed E-state index contributed by atoms with van der Waals surface area (Å²) < 4.78 is 0. The molecule has 0 spiro atoms. The highest BCUT2D eigenvalue weighted by Gasteiger charge is 2.34. The van der Waals surface area contributed by atoms with Crippen LogP contribution >= 0.6 is 0 Å². The summed E-state index contributed by atoms with van der Waals surface area (Å²) in [5.74, 6) is 0.906. The molecule has 2 aliphatic rings. The maximum atomic E-state index is 3.71. The second kappa shape index (κ2) is 5.16. The van der Waals surface area contributed by atoms with Gasteiger partial charge in [-0.1, -0.05) is 25.5 Å². The molecule has 0 aromatic carbocycles. The predicted molar refractivity (Wildman–Crippen MR) is 65.9 cm³/mol. The summed E-state index contributed by atoms with van der Waals surface area (Å²) in [6, 6.07) is 0. The van der Waals surface area contributed by atoms with Crippen LogP contribution in [0.4, 0.5) is 0 Å². The summed E-state index contributed by atoms with van der Waals surface area (Å²) in [5.41, 5.74) is 0.685. The van der Waals surface area contributed by atoms with Gasteiger partial charge in [0.25, 0.3) is 0 Å². The van der Waals surface area contributed by atoms with E-state index in [0.717, 1.165) is 5.92 Å². The van der Waals surface area contributed by atoms with Crippen molar-refractivity contribution in [3.8, 4) is 0 Å². The fourth-order valence-corrected chi connectivity index (χ4v) is 2.92. The van der Waals surface area contributed by atoms with Gasteiger partial charge < -0.3 is 5.32 Å². The van der Waals surface area contributed by atoms with Gasteiger partial charge in [-0.3, -0.25) is 0 Å². The third-order valence-corrected chi connectivity index (χ3v) is 4.47. The quantitative estimate of drug-likeness (QED) is 0.680. The summed E-state index contributed by atoms with van der Waals surface area (Å²) in [5, 5.41) is 3.71. The molecule has 0 amide bonds. The van der Waals surface area contributed by atoms with Crippen molar-refractivity contribution in [2.24, 2.45) is 11.3 Å². The van der Waals surface area contributed by atoms with Crippen molar-refractivity contribution < 1.29 is 0 Å². The molecule has 0 aromatic heterocycles. The average Bonchev–Trinajstić information content (AvgIpc) is 2.24. The van der Waals surface area contributed by atoms with Crippen molar-refractivity contribution in [2.75, 3.05) is 13.1 Å². The molecule has 1 unspecified atom stereocenters. The normalized spacial score (nSPS) is 28.7. The molecule has 2 rings (SSSR count). The third kappa shape index (κ3) is 2.84. The zero-order valence-electron chi connectivity index (χ0n) is 10.1. The fourth-order valence-electron chi connectivity index (χ4n) is 2.92. The summed E-state index contributed by atoms with van der Waals surface area (Å²) in [4.78, 5) is 0. The van der Waals surface area contributed by atoms with Crippen LogP contribution in [-0.2, 0) is 0 Å². The molecule has 0 radical (unpaired) electrons. The monoisotopic (exact) mass is 207 g/mol. The Morgan fingerprint density at radius 1 is 1.33 bits per heavy atom. The van der Waals surface area contributed by atoms with Gasteiger partial charge in [-0.2, -0.15) is 0 Å². The van der Waals surface area contributed by atoms with Crippen LogP contribution in [0.1, 0.15) is 51.9 Å². The molecule has 1 heteroatoms. The van der Waals surface area contributed by atoms with Gasteiger partial charge in [0.1, 0.15) is 0 Å². The van der Waals surface area contributed by atoms with Crippen molar-refractivity contribution in [2.45, 2.75) is 51.9 Å². The van der Waals surface area contributed by atoms with E-state index in [1.54, 1.807) is 0 Å². The lowest BCUT2D eigenvalue weighted by Crippen LogP contribution is -2.41. The highest BCUT2D eigenvalue weighted by molar-refractivity contribution is 4.92. The van der Waals surface area contributed by atoms with Crippen LogP contribution in [0.25, 0.3) is 0 Å². The molecule has 0 bridgehead atoms. The minimum atomic E-state index is 0.685. The maximum absolute atomic E-state index is 3.71. The predicted octanol–water partition coefficient (Wildman–Crippen LogP) is 3.51. The van der Waals surface area contributed by atoms with E-state index in [-0.39, 0.29) is 0 Å². The van der Waals surface area contributed by atoms with E-state index in [1.165, 1.54) is 58.0 Å². The van der Waals surface area contributed by atoms with Gasteiger partial charge in [-0.05, 0) is 56.4 Å². The molecule has 1 N–H and O–H groups in total. The van der Waals surface area contributed by atoms with Crippen molar-refractivity contribution in [1.29, 1.82) is 0 Å². The van der Waals surface area contributed by atoms with Crippen LogP contribution in [0.2, 0.25) is 0 Å². The lowest BCUT2D eigenvalue weighted by molar-refractivity contribution is 0.122. The first-order valence-corrected chi connectivity index (χ1v) is 6.70. The molecule has 1 saturated carbocycles. The molecule has 1 atom stereocenters. The molecule has 0 aromatic rings. The van der Waals surface area contributed by atoms with Crippen molar-refractivity contribution in [3.05, 3.63) is 12.2 Å². The molecule has 15 heavy (non-hydrogen) atoms. The number of allylic oxidation sites excluding steroid dienone is 2. The minimum Gasteiger partial charge on any atom is -0.316 e. The summed E-state index contributed by atoms with van der Waals surface area (Å²) >= 11 is 0. The fraction of sp³-hybridized carbons (Fsp3) is 0.857. The molecular formula is C14H25N. The Labute approximate surface area is 94.3 Å². The summed E-state index contributed by atoms with van der Waals surface area (Å²) in [7, 11) is 0. The Balaban J connectivity index is 1.63. The van der Waals surface area contributed by atoms with E-state index in [2.05, 4.69) is 24.4 Å². The average molecular weight is 207 g/mol. The van der Waals surface area contributed by atoms with Gasteiger partial charge >= 0.3 is 0 Å². The standard InChI is InChI=1S/C14H25N/c1-2-14(9-6-10-14)12-15-11-13-7-4-3-5-8-13/h3-4,13,15H,2,5-12H2,1H3. The second-order valence-corrected chi connectivity index (χ2v) is 5.49. The van der Waals surface area contributed by atoms with E-state index in [4.69, 9.17) is 0 Å².